The minimum Gasteiger partial charge on any atom is -0.457 e. The number of pyridine rings is 1. The summed E-state index contributed by atoms with van der Waals surface area (Å²) in [6.07, 6.45) is 1.94. The second kappa shape index (κ2) is 16.6. The van der Waals surface area contributed by atoms with Crippen molar-refractivity contribution in [3.8, 4) is 17.3 Å². The molecular weight excluding hydrogens is 805 g/mol. The molecule has 5 heteroatoms. The predicted octanol–water partition coefficient (Wildman–Crippen LogP) is 15.5. The lowest BCUT2D eigenvalue weighted by Gasteiger charge is -2.33. The Kier molecular flexibility index (Phi) is 10.7. The van der Waals surface area contributed by atoms with E-state index in [2.05, 4.69) is 252 Å². The van der Waals surface area contributed by atoms with Gasteiger partial charge in [0.25, 0.3) is 0 Å². The maximum absolute atomic E-state index is 6.78. The van der Waals surface area contributed by atoms with Crippen molar-refractivity contribution in [3.63, 3.8) is 0 Å². The molecule has 0 atom stereocenters. The summed E-state index contributed by atoms with van der Waals surface area (Å²) < 4.78 is 9.06. The SMILES string of the molecule is CC1=C(C)N(c2cc(C(C)(C)c3ccccc3)cc(C(C)(C)c3ccccc3)c2)CN1c1cccc(Oc2ccc3c4ccccc4n(-c4cc(C(C)(C)c5ccccc5)ccn4)c3c2)c1. The molecule has 0 bridgehead atoms. The molecule has 328 valence electrons. The van der Waals surface area contributed by atoms with Gasteiger partial charge in [-0.25, -0.2) is 4.98 Å². The molecule has 5 nitrogen and oxygen atoms in total. The van der Waals surface area contributed by atoms with E-state index in [-0.39, 0.29) is 16.2 Å². The third-order valence-corrected chi connectivity index (χ3v) is 14.5. The molecule has 3 heterocycles. The number of hydrogen-bond acceptors (Lipinski definition) is 4. The van der Waals surface area contributed by atoms with Crippen LogP contribution in [0, 0.1) is 0 Å². The van der Waals surface area contributed by atoms with E-state index < -0.39 is 0 Å². The first-order valence-corrected chi connectivity index (χ1v) is 23.1. The summed E-state index contributed by atoms with van der Waals surface area (Å²) in [5.41, 5.74) is 13.9. The molecule has 0 amide bonds. The van der Waals surface area contributed by atoms with Gasteiger partial charge in [0.2, 0.25) is 0 Å². The van der Waals surface area contributed by atoms with E-state index in [1.165, 1.54) is 55.8 Å². The number of anilines is 2. The molecule has 9 aromatic rings. The molecule has 0 unspecified atom stereocenters. The molecule has 7 aromatic carbocycles. The van der Waals surface area contributed by atoms with E-state index in [0.717, 1.165) is 39.4 Å². The average Bonchev–Trinajstić information content (AvgIpc) is 3.84. The summed E-state index contributed by atoms with van der Waals surface area (Å²) in [4.78, 5) is 9.83. The van der Waals surface area contributed by atoms with Crippen LogP contribution >= 0.6 is 0 Å². The van der Waals surface area contributed by atoms with Gasteiger partial charge in [0.05, 0.1) is 17.7 Å². The fraction of sp³-hybridized carbons (Fsp3) is 0.197. The number of para-hydroxylation sites is 1. The second-order valence-corrected chi connectivity index (χ2v) is 19.4. The highest BCUT2D eigenvalue weighted by Gasteiger charge is 2.33. The summed E-state index contributed by atoms with van der Waals surface area (Å²) in [5.74, 6) is 2.42. The van der Waals surface area contributed by atoms with E-state index in [9.17, 15) is 0 Å². The molecule has 10 rings (SSSR count). The molecule has 0 radical (unpaired) electrons. The highest BCUT2D eigenvalue weighted by molar-refractivity contribution is 6.09. The fourth-order valence-electron chi connectivity index (χ4n) is 9.89. The summed E-state index contributed by atoms with van der Waals surface area (Å²) in [5, 5.41) is 2.33. The van der Waals surface area contributed by atoms with Crippen LogP contribution in [0.4, 0.5) is 11.4 Å². The van der Waals surface area contributed by atoms with E-state index in [4.69, 9.17) is 9.72 Å². The van der Waals surface area contributed by atoms with Crippen LogP contribution in [0.15, 0.2) is 206 Å². The monoisotopic (exact) mass is 862 g/mol. The van der Waals surface area contributed by atoms with E-state index >= 15 is 0 Å². The number of fused-ring (bicyclic) bond motifs is 3. The first-order valence-electron chi connectivity index (χ1n) is 23.1. The maximum atomic E-state index is 6.78. The summed E-state index contributed by atoms with van der Waals surface area (Å²) in [6.45, 7) is 19.1. The quantitative estimate of drug-likeness (QED) is 0.130. The number of aromatic nitrogens is 2. The van der Waals surface area contributed by atoms with Crippen LogP contribution < -0.4 is 14.5 Å². The lowest BCUT2D eigenvalue weighted by Crippen LogP contribution is -2.29. The Morgan fingerprint density at radius 3 is 1.53 bits per heavy atom. The van der Waals surface area contributed by atoms with E-state index in [0.29, 0.717) is 6.67 Å². The van der Waals surface area contributed by atoms with Gasteiger partial charge in [0.1, 0.15) is 17.3 Å². The molecule has 0 aliphatic carbocycles. The zero-order chi connectivity index (χ0) is 45.8. The first-order chi connectivity index (χ1) is 31.8. The number of allylic oxidation sites excluding steroid dienone is 2. The van der Waals surface area contributed by atoms with Gasteiger partial charge in [0.15, 0.2) is 0 Å². The third kappa shape index (κ3) is 7.52. The molecule has 0 fully saturated rings. The molecule has 66 heavy (non-hydrogen) atoms. The summed E-state index contributed by atoms with van der Waals surface area (Å²) in [7, 11) is 0. The number of ether oxygens (including phenoxy) is 1. The number of hydrogen-bond donors (Lipinski definition) is 0. The highest BCUT2D eigenvalue weighted by Crippen LogP contribution is 2.43. The number of rotatable bonds is 11. The Bertz CT molecular complexity index is 3180. The van der Waals surface area contributed by atoms with Crippen LogP contribution in [-0.4, -0.2) is 16.2 Å². The van der Waals surface area contributed by atoms with Crippen molar-refractivity contribution in [2.24, 2.45) is 0 Å². The van der Waals surface area contributed by atoms with Gasteiger partial charge in [-0.3, -0.25) is 4.57 Å². The van der Waals surface area contributed by atoms with Crippen LogP contribution in [-0.2, 0) is 16.2 Å². The van der Waals surface area contributed by atoms with Crippen LogP contribution in [0.2, 0.25) is 0 Å². The Balaban J connectivity index is 0.979. The molecule has 2 aromatic heterocycles. The standard InChI is InChI=1S/C61H58N4O/c1-42-43(2)64(51-36-48(60(5,6)45-23-14-10-15-24-45)35-49(37-51)61(7,8)46-25-16-11-17-26-46)41-63(42)50-27-20-28-52(39-50)66-53-31-32-55-54-29-18-19-30-56(54)65(57(55)40-53)58-38-47(33-34-62-58)59(3,4)44-21-12-9-13-22-44/h9-40H,41H2,1-8H3. The number of nitrogens with zero attached hydrogens (tertiary/aromatic N) is 4. The lowest BCUT2D eigenvalue weighted by atomic mass is 9.73. The molecule has 1 aliphatic rings. The normalized spacial score (nSPS) is 13.6. The van der Waals surface area contributed by atoms with Crippen molar-refractivity contribution >= 4 is 33.2 Å². The Morgan fingerprint density at radius 1 is 0.409 bits per heavy atom. The van der Waals surface area contributed by atoms with Crippen molar-refractivity contribution in [2.45, 2.75) is 71.6 Å². The zero-order valence-electron chi connectivity index (χ0n) is 39.4. The first kappa shape index (κ1) is 42.6. The summed E-state index contributed by atoms with van der Waals surface area (Å²) >= 11 is 0. The predicted molar refractivity (Wildman–Crippen MR) is 275 cm³/mol. The van der Waals surface area contributed by atoms with Gasteiger partial charge in [0, 0.05) is 68.1 Å². The Morgan fingerprint density at radius 2 is 0.924 bits per heavy atom. The summed E-state index contributed by atoms with van der Waals surface area (Å²) in [6, 6.07) is 67.6. The smallest absolute Gasteiger partial charge is 0.137 e. The molecule has 0 spiro atoms. The van der Waals surface area contributed by atoms with Gasteiger partial charge in [-0.1, -0.05) is 163 Å². The van der Waals surface area contributed by atoms with Crippen molar-refractivity contribution < 1.29 is 4.74 Å². The Hall–Kier alpha value is -7.37. The van der Waals surface area contributed by atoms with Crippen LogP contribution in [0.3, 0.4) is 0 Å². The minimum absolute atomic E-state index is 0.207. The molecule has 0 saturated carbocycles. The molecule has 0 saturated heterocycles. The zero-order valence-corrected chi connectivity index (χ0v) is 39.4. The highest BCUT2D eigenvalue weighted by atomic mass is 16.5. The van der Waals surface area contributed by atoms with E-state index in [1.54, 1.807) is 0 Å². The number of benzene rings is 7. The molecule has 1 aliphatic heterocycles. The fourth-order valence-corrected chi connectivity index (χ4v) is 9.89. The Labute approximate surface area is 390 Å². The van der Waals surface area contributed by atoms with Gasteiger partial charge < -0.3 is 14.5 Å². The van der Waals surface area contributed by atoms with Gasteiger partial charge in [-0.15, -0.1) is 0 Å². The van der Waals surface area contributed by atoms with Crippen molar-refractivity contribution in [2.75, 3.05) is 16.5 Å². The molecule has 0 N–H and O–H groups in total. The van der Waals surface area contributed by atoms with Crippen molar-refractivity contribution in [1.29, 1.82) is 0 Å². The maximum Gasteiger partial charge on any atom is 0.137 e. The average molecular weight is 863 g/mol. The van der Waals surface area contributed by atoms with Gasteiger partial charge in [-0.05, 0) is 102 Å². The second-order valence-electron chi connectivity index (χ2n) is 19.4. The molecular formula is C61H58N4O. The van der Waals surface area contributed by atoms with Crippen LogP contribution in [0.1, 0.15) is 88.8 Å². The lowest BCUT2D eigenvalue weighted by molar-refractivity contribution is 0.483. The van der Waals surface area contributed by atoms with E-state index in [1.807, 2.05) is 12.3 Å². The third-order valence-electron chi connectivity index (χ3n) is 14.5. The topological polar surface area (TPSA) is 33.5 Å². The van der Waals surface area contributed by atoms with Gasteiger partial charge >= 0.3 is 0 Å². The van der Waals surface area contributed by atoms with Crippen LogP contribution in [0.25, 0.3) is 27.6 Å². The largest absolute Gasteiger partial charge is 0.457 e. The van der Waals surface area contributed by atoms with Crippen LogP contribution in [0.5, 0.6) is 11.5 Å². The minimum atomic E-state index is -0.215. The van der Waals surface area contributed by atoms with Crippen molar-refractivity contribution in [3.05, 3.63) is 239 Å². The van der Waals surface area contributed by atoms with Crippen molar-refractivity contribution in [1.82, 2.24) is 9.55 Å². The van der Waals surface area contributed by atoms with Gasteiger partial charge in [-0.2, -0.15) is 0 Å².